The summed E-state index contributed by atoms with van der Waals surface area (Å²) in [5, 5.41) is 1.64. The summed E-state index contributed by atoms with van der Waals surface area (Å²) in [7, 11) is 0. The third kappa shape index (κ3) is 2.68. The molecule has 0 N–H and O–H groups in total. The molecule has 4 aromatic heterocycles. The first-order valence-corrected chi connectivity index (χ1v) is 9.94. The van der Waals surface area contributed by atoms with Crippen LogP contribution in [-0.4, -0.2) is 19.1 Å². The van der Waals surface area contributed by atoms with Crippen molar-refractivity contribution in [3.05, 3.63) is 81.9 Å². The van der Waals surface area contributed by atoms with E-state index in [-0.39, 0.29) is 22.3 Å². The Hall–Kier alpha value is -4.20. The molecule has 0 aliphatic heterocycles. The lowest BCUT2D eigenvalue weighted by Gasteiger charge is -2.06. The maximum Gasteiger partial charge on any atom is 0.297 e. The molecule has 0 bridgehead atoms. The first-order valence-electron chi connectivity index (χ1n) is 9.94. The van der Waals surface area contributed by atoms with Crippen LogP contribution in [0.2, 0.25) is 0 Å². The van der Waals surface area contributed by atoms with Crippen molar-refractivity contribution < 1.29 is 8.83 Å². The van der Waals surface area contributed by atoms with Crippen molar-refractivity contribution in [2.24, 2.45) is 0 Å². The number of furan rings is 2. The molecule has 0 spiro atoms. The summed E-state index contributed by atoms with van der Waals surface area (Å²) < 4.78 is 14.4. The molecule has 8 nitrogen and oxygen atoms in total. The van der Waals surface area contributed by atoms with Crippen LogP contribution in [0.3, 0.4) is 0 Å². The number of aryl methyl sites for hydroxylation is 2. The van der Waals surface area contributed by atoms with E-state index in [1.807, 2.05) is 48.5 Å². The van der Waals surface area contributed by atoms with E-state index in [4.69, 9.17) is 8.83 Å². The molecule has 0 atom stereocenters. The van der Waals surface area contributed by atoms with Crippen LogP contribution in [0.1, 0.15) is 6.42 Å². The van der Waals surface area contributed by atoms with Gasteiger partial charge in [0.25, 0.3) is 11.1 Å². The fourth-order valence-electron chi connectivity index (χ4n) is 3.96. The van der Waals surface area contributed by atoms with E-state index in [2.05, 4.69) is 9.97 Å². The zero-order valence-electron chi connectivity index (χ0n) is 16.3. The van der Waals surface area contributed by atoms with Crippen molar-refractivity contribution >= 4 is 44.1 Å². The highest BCUT2D eigenvalue weighted by Crippen LogP contribution is 2.25. The van der Waals surface area contributed by atoms with E-state index in [1.54, 1.807) is 0 Å². The van der Waals surface area contributed by atoms with Gasteiger partial charge in [-0.25, -0.2) is 9.97 Å². The molecule has 2 aromatic carbocycles. The van der Waals surface area contributed by atoms with Gasteiger partial charge in [0, 0.05) is 23.9 Å². The molecule has 0 aliphatic carbocycles. The third-order valence-electron chi connectivity index (χ3n) is 5.50. The number of benzene rings is 2. The van der Waals surface area contributed by atoms with Crippen LogP contribution >= 0.6 is 0 Å². The standard InChI is InChI=1S/C23H16N4O4/c28-22-20-18(14-6-1-3-8-16(14)30-20)24-12-26(22)10-5-11-27-13-25-19-15-7-2-4-9-17(15)31-21(19)23(27)29/h1-4,6-9,12-13H,5,10-11H2. The van der Waals surface area contributed by atoms with Crippen LogP contribution < -0.4 is 11.1 Å². The minimum absolute atomic E-state index is 0.237. The van der Waals surface area contributed by atoms with Crippen LogP contribution in [0.5, 0.6) is 0 Å². The summed E-state index contributed by atoms with van der Waals surface area (Å²) in [6.07, 6.45) is 3.59. The van der Waals surface area contributed by atoms with E-state index in [1.165, 1.54) is 21.8 Å². The summed E-state index contributed by atoms with van der Waals surface area (Å²) in [5.74, 6) is 0. The predicted molar refractivity (Wildman–Crippen MR) is 116 cm³/mol. The molecular formula is C23H16N4O4. The molecular weight excluding hydrogens is 396 g/mol. The Labute approximate surface area is 174 Å². The molecule has 0 amide bonds. The van der Waals surface area contributed by atoms with Crippen molar-refractivity contribution in [2.45, 2.75) is 19.5 Å². The Balaban J connectivity index is 1.29. The Morgan fingerprint density at radius 3 is 1.61 bits per heavy atom. The van der Waals surface area contributed by atoms with Crippen LogP contribution in [0.15, 0.2) is 79.6 Å². The molecule has 0 saturated heterocycles. The molecule has 31 heavy (non-hydrogen) atoms. The Morgan fingerprint density at radius 1 is 0.677 bits per heavy atom. The smallest absolute Gasteiger partial charge is 0.297 e. The van der Waals surface area contributed by atoms with Gasteiger partial charge in [0.2, 0.25) is 11.2 Å². The van der Waals surface area contributed by atoms with E-state index >= 15 is 0 Å². The molecule has 4 heterocycles. The van der Waals surface area contributed by atoms with Gasteiger partial charge in [0.05, 0.1) is 12.7 Å². The zero-order chi connectivity index (χ0) is 20.9. The number of fused-ring (bicyclic) bond motifs is 6. The second kappa shape index (κ2) is 6.66. The van der Waals surface area contributed by atoms with Gasteiger partial charge in [-0.15, -0.1) is 0 Å². The van der Waals surface area contributed by atoms with Crippen LogP contribution in [-0.2, 0) is 13.1 Å². The largest absolute Gasteiger partial charge is 0.448 e. The van der Waals surface area contributed by atoms with Gasteiger partial charge in [-0.1, -0.05) is 24.3 Å². The fourth-order valence-corrected chi connectivity index (χ4v) is 3.96. The van der Waals surface area contributed by atoms with Gasteiger partial charge < -0.3 is 8.83 Å². The molecule has 0 radical (unpaired) electrons. The molecule has 0 unspecified atom stereocenters. The highest BCUT2D eigenvalue weighted by Gasteiger charge is 2.14. The minimum atomic E-state index is -0.237. The number of para-hydroxylation sites is 2. The van der Waals surface area contributed by atoms with Gasteiger partial charge in [-0.05, 0) is 30.7 Å². The van der Waals surface area contributed by atoms with Crippen molar-refractivity contribution in [2.75, 3.05) is 0 Å². The fraction of sp³-hybridized carbons (Fsp3) is 0.130. The van der Waals surface area contributed by atoms with E-state index in [0.29, 0.717) is 41.7 Å². The monoisotopic (exact) mass is 412 g/mol. The Bertz CT molecular complexity index is 1590. The van der Waals surface area contributed by atoms with Gasteiger partial charge in [0.1, 0.15) is 22.2 Å². The average Bonchev–Trinajstić information content (AvgIpc) is 3.36. The topological polar surface area (TPSA) is 96.1 Å². The third-order valence-corrected chi connectivity index (χ3v) is 5.50. The SMILES string of the molecule is O=c1c2oc3ccccc3c2ncn1CCCn1cnc2c(oc3ccccc32)c1=O. The van der Waals surface area contributed by atoms with Gasteiger partial charge in [-0.2, -0.15) is 0 Å². The molecule has 6 aromatic rings. The van der Waals surface area contributed by atoms with Crippen LogP contribution in [0.25, 0.3) is 44.1 Å². The molecule has 0 saturated carbocycles. The lowest BCUT2D eigenvalue weighted by molar-refractivity contribution is 0.529. The van der Waals surface area contributed by atoms with E-state index in [0.717, 1.165) is 10.8 Å². The summed E-state index contributed by atoms with van der Waals surface area (Å²) in [5.41, 5.74) is 2.41. The van der Waals surface area contributed by atoms with Crippen molar-refractivity contribution in [3.63, 3.8) is 0 Å². The van der Waals surface area contributed by atoms with Gasteiger partial charge in [0.15, 0.2) is 0 Å². The van der Waals surface area contributed by atoms with Crippen molar-refractivity contribution in [1.29, 1.82) is 0 Å². The number of hydrogen-bond donors (Lipinski definition) is 0. The summed E-state index contributed by atoms with van der Waals surface area (Å²) in [4.78, 5) is 34.5. The number of aromatic nitrogens is 4. The summed E-state index contributed by atoms with van der Waals surface area (Å²) >= 11 is 0. The number of nitrogens with zero attached hydrogens (tertiary/aromatic N) is 4. The second-order valence-corrected chi connectivity index (χ2v) is 7.39. The molecule has 152 valence electrons. The van der Waals surface area contributed by atoms with Gasteiger partial charge in [-0.3, -0.25) is 18.7 Å². The highest BCUT2D eigenvalue weighted by atomic mass is 16.3. The molecule has 0 aliphatic rings. The van der Waals surface area contributed by atoms with E-state index in [9.17, 15) is 9.59 Å². The normalized spacial score (nSPS) is 11.9. The average molecular weight is 412 g/mol. The second-order valence-electron chi connectivity index (χ2n) is 7.39. The minimum Gasteiger partial charge on any atom is -0.448 e. The summed E-state index contributed by atoms with van der Waals surface area (Å²) in [6.45, 7) is 0.785. The predicted octanol–water partition coefficient (Wildman–Crippen LogP) is 3.69. The number of rotatable bonds is 4. The highest BCUT2D eigenvalue weighted by molar-refractivity contribution is 6.02. The quantitative estimate of drug-likeness (QED) is 0.438. The lowest BCUT2D eigenvalue weighted by atomic mass is 10.2. The van der Waals surface area contributed by atoms with Crippen LogP contribution in [0.4, 0.5) is 0 Å². The molecule has 8 heteroatoms. The first kappa shape index (κ1) is 17.6. The van der Waals surface area contributed by atoms with Crippen molar-refractivity contribution in [1.82, 2.24) is 19.1 Å². The maximum absolute atomic E-state index is 12.8. The zero-order valence-corrected chi connectivity index (χ0v) is 16.3. The van der Waals surface area contributed by atoms with Gasteiger partial charge >= 0.3 is 0 Å². The molecule has 0 fully saturated rings. The Kier molecular flexibility index (Phi) is 3.79. The number of hydrogen-bond acceptors (Lipinski definition) is 6. The van der Waals surface area contributed by atoms with Crippen LogP contribution in [0, 0.1) is 0 Å². The summed E-state index contributed by atoms with van der Waals surface area (Å²) in [6, 6.07) is 14.9. The maximum atomic E-state index is 12.8. The first-order chi connectivity index (χ1) is 15.2. The Morgan fingerprint density at radius 2 is 1.13 bits per heavy atom. The van der Waals surface area contributed by atoms with E-state index < -0.39 is 0 Å². The molecule has 6 rings (SSSR count). The lowest BCUT2D eigenvalue weighted by Crippen LogP contribution is -2.24. The van der Waals surface area contributed by atoms with Crippen molar-refractivity contribution in [3.8, 4) is 0 Å².